The van der Waals surface area contributed by atoms with Gasteiger partial charge in [-0.2, -0.15) is 5.26 Å². The van der Waals surface area contributed by atoms with Crippen molar-refractivity contribution in [1.82, 2.24) is 10.5 Å². The molecule has 0 bridgehead atoms. The first-order valence-corrected chi connectivity index (χ1v) is 5.92. The number of nitrogens with one attached hydrogen (secondary N) is 1. The lowest BCUT2D eigenvalue weighted by molar-refractivity contribution is 0.375. The van der Waals surface area contributed by atoms with E-state index < -0.39 is 0 Å². The molecule has 1 saturated carbocycles. The number of rotatable bonds is 3. The molecule has 0 radical (unpaired) electrons. The molecule has 1 fully saturated rings. The summed E-state index contributed by atoms with van der Waals surface area (Å²) in [5.41, 5.74) is 0.904. The lowest BCUT2D eigenvalue weighted by Crippen LogP contribution is -2.34. The molecule has 2 unspecified atom stereocenters. The molecule has 0 aliphatic heterocycles. The minimum Gasteiger partial charge on any atom is -0.364 e. The summed E-state index contributed by atoms with van der Waals surface area (Å²) in [7, 11) is 0. The van der Waals surface area contributed by atoms with E-state index in [1.807, 2.05) is 6.07 Å². The second kappa shape index (κ2) is 5.66. The summed E-state index contributed by atoms with van der Waals surface area (Å²) < 4.78 is 4.78. The predicted molar refractivity (Wildman–Crippen MR) is 59.3 cm³/mol. The van der Waals surface area contributed by atoms with E-state index in [0.717, 1.165) is 18.5 Å². The number of nitrogens with zero attached hydrogens (tertiary/aromatic N) is 2. The highest BCUT2D eigenvalue weighted by Gasteiger charge is 2.22. The van der Waals surface area contributed by atoms with Gasteiger partial charge in [0.25, 0.3) is 0 Å². The normalized spacial score (nSPS) is 25.9. The zero-order chi connectivity index (χ0) is 11.2. The molecule has 0 saturated heterocycles. The van der Waals surface area contributed by atoms with Crippen molar-refractivity contribution in [2.24, 2.45) is 5.92 Å². The Morgan fingerprint density at radius 1 is 1.44 bits per heavy atom. The van der Waals surface area contributed by atoms with Gasteiger partial charge >= 0.3 is 0 Å². The molecule has 4 nitrogen and oxygen atoms in total. The molecule has 2 atom stereocenters. The van der Waals surface area contributed by atoms with Crippen LogP contribution in [0.3, 0.4) is 0 Å². The van der Waals surface area contributed by atoms with Crippen molar-refractivity contribution in [3.05, 3.63) is 18.0 Å². The third-order valence-electron chi connectivity index (χ3n) is 3.22. The van der Waals surface area contributed by atoms with Crippen molar-refractivity contribution in [2.75, 3.05) is 0 Å². The van der Waals surface area contributed by atoms with Gasteiger partial charge in [-0.15, -0.1) is 0 Å². The Labute approximate surface area is 95.6 Å². The van der Waals surface area contributed by atoms with Crippen LogP contribution in [0.1, 0.15) is 37.8 Å². The molecule has 4 heteroatoms. The highest BCUT2D eigenvalue weighted by atomic mass is 16.5. The van der Waals surface area contributed by atoms with Gasteiger partial charge < -0.3 is 9.84 Å². The van der Waals surface area contributed by atoms with Gasteiger partial charge in [-0.05, 0) is 12.8 Å². The van der Waals surface area contributed by atoms with Crippen molar-refractivity contribution in [1.29, 1.82) is 5.26 Å². The van der Waals surface area contributed by atoms with E-state index in [9.17, 15) is 0 Å². The largest absolute Gasteiger partial charge is 0.364 e. The average Bonchev–Trinajstić information content (AvgIpc) is 2.71. The van der Waals surface area contributed by atoms with Crippen LogP contribution >= 0.6 is 0 Å². The van der Waals surface area contributed by atoms with E-state index >= 15 is 0 Å². The summed E-state index contributed by atoms with van der Waals surface area (Å²) in [6, 6.07) is 4.58. The Morgan fingerprint density at radius 3 is 3.06 bits per heavy atom. The minimum absolute atomic E-state index is 0.148. The Balaban J connectivity index is 1.88. The van der Waals surface area contributed by atoms with Crippen LogP contribution in [-0.4, -0.2) is 11.2 Å². The zero-order valence-corrected chi connectivity index (χ0v) is 9.35. The highest BCUT2D eigenvalue weighted by molar-refractivity contribution is 4.98. The van der Waals surface area contributed by atoms with Crippen molar-refractivity contribution in [3.8, 4) is 6.07 Å². The van der Waals surface area contributed by atoms with Crippen molar-refractivity contribution in [2.45, 2.75) is 44.7 Å². The number of aromatic nitrogens is 1. The Morgan fingerprint density at radius 2 is 2.31 bits per heavy atom. The standard InChI is InChI=1S/C12H17N3O/c13-8-10-4-2-1-3-5-12(10)14-9-11-6-7-16-15-11/h6-7,10,12,14H,1-5,9H2. The fourth-order valence-corrected chi connectivity index (χ4v) is 2.27. The second-order valence-electron chi connectivity index (χ2n) is 4.35. The topological polar surface area (TPSA) is 61.9 Å². The Hall–Kier alpha value is -1.34. The van der Waals surface area contributed by atoms with Gasteiger partial charge in [0.15, 0.2) is 0 Å². The van der Waals surface area contributed by atoms with E-state index in [1.54, 1.807) is 6.26 Å². The maximum atomic E-state index is 9.12. The molecule has 1 N–H and O–H groups in total. The predicted octanol–water partition coefficient (Wildman–Crippen LogP) is 2.24. The first kappa shape index (κ1) is 11.2. The maximum Gasteiger partial charge on any atom is 0.124 e. The van der Waals surface area contributed by atoms with Crippen LogP contribution in [0.25, 0.3) is 0 Å². The fraction of sp³-hybridized carbons (Fsp3) is 0.667. The summed E-state index contributed by atoms with van der Waals surface area (Å²) >= 11 is 0. The van der Waals surface area contributed by atoms with E-state index in [-0.39, 0.29) is 5.92 Å². The summed E-state index contributed by atoms with van der Waals surface area (Å²) in [5, 5.41) is 16.4. The van der Waals surface area contributed by atoms with Gasteiger partial charge in [0.1, 0.15) is 6.26 Å². The van der Waals surface area contributed by atoms with E-state index in [2.05, 4.69) is 16.5 Å². The van der Waals surface area contributed by atoms with Crippen LogP contribution in [0, 0.1) is 17.2 Å². The molecule has 0 amide bonds. The summed E-state index contributed by atoms with van der Waals surface area (Å²) in [6.45, 7) is 0.694. The molecular weight excluding hydrogens is 202 g/mol. The summed E-state index contributed by atoms with van der Waals surface area (Å²) in [5.74, 6) is 0.148. The first-order valence-electron chi connectivity index (χ1n) is 5.92. The van der Waals surface area contributed by atoms with Gasteiger partial charge in [0, 0.05) is 18.7 Å². The number of nitriles is 1. The van der Waals surface area contributed by atoms with Crippen LogP contribution < -0.4 is 5.32 Å². The molecule has 1 aromatic heterocycles. The monoisotopic (exact) mass is 219 g/mol. The quantitative estimate of drug-likeness (QED) is 0.792. The molecule has 1 aliphatic rings. The van der Waals surface area contributed by atoms with Gasteiger partial charge in [-0.25, -0.2) is 0 Å². The van der Waals surface area contributed by atoms with Crippen LogP contribution in [0.15, 0.2) is 16.9 Å². The van der Waals surface area contributed by atoms with Crippen LogP contribution in [0.2, 0.25) is 0 Å². The Bertz CT molecular complexity index is 342. The van der Waals surface area contributed by atoms with E-state index in [1.165, 1.54) is 19.3 Å². The third-order valence-corrected chi connectivity index (χ3v) is 3.22. The van der Waals surface area contributed by atoms with E-state index in [4.69, 9.17) is 9.78 Å². The van der Waals surface area contributed by atoms with Crippen molar-refractivity contribution in [3.63, 3.8) is 0 Å². The lowest BCUT2D eigenvalue weighted by atomic mass is 9.96. The zero-order valence-electron chi connectivity index (χ0n) is 9.35. The number of hydrogen-bond acceptors (Lipinski definition) is 4. The first-order chi connectivity index (χ1) is 7.90. The average molecular weight is 219 g/mol. The van der Waals surface area contributed by atoms with Crippen LogP contribution in [0.5, 0.6) is 0 Å². The summed E-state index contributed by atoms with van der Waals surface area (Å²) in [4.78, 5) is 0. The fourth-order valence-electron chi connectivity index (χ4n) is 2.27. The molecule has 16 heavy (non-hydrogen) atoms. The van der Waals surface area contributed by atoms with Crippen molar-refractivity contribution < 1.29 is 4.52 Å². The van der Waals surface area contributed by atoms with Crippen LogP contribution in [-0.2, 0) is 6.54 Å². The SMILES string of the molecule is N#CC1CCCCCC1NCc1ccon1. The molecule has 2 rings (SSSR count). The highest BCUT2D eigenvalue weighted by Crippen LogP contribution is 2.23. The lowest BCUT2D eigenvalue weighted by Gasteiger charge is -2.20. The number of hydrogen-bond donors (Lipinski definition) is 1. The second-order valence-corrected chi connectivity index (χ2v) is 4.35. The van der Waals surface area contributed by atoms with E-state index in [0.29, 0.717) is 12.6 Å². The van der Waals surface area contributed by atoms with Gasteiger partial charge in [0.2, 0.25) is 0 Å². The molecule has 1 heterocycles. The summed E-state index contributed by atoms with van der Waals surface area (Å²) in [6.07, 6.45) is 7.34. The van der Waals surface area contributed by atoms with Gasteiger partial charge in [0.05, 0.1) is 17.7 Å². The molecule has 0 aromatic carbocycles. The third kappa shape index (κ3) is 2.83. The molecule has 86 valence electrons. The molecule has 1 aliphatic carbocycles. The Kier molecular flexibility index (Phi) is 3.95. The molecule has 0 spiro atoms. The molecule has 1 aromatic rings. The van der Waals surface area contributed by atoms with Gasteiger partial charge in [-0.3, -0.25) is 0 Å². The van der Waals surface area contributed by atoms with Crippen molar-refractivity contribution >= 4 is 0 Å². The van der Waals surface area contributed by atoms with Gasteiger partial charge in [-0.1, -0.05) is 24.4 Å². The smallest absolute Gasteiger partial charge is 0.124 e. The molecular formula is C12H17N3O. The van der Waals surface area contributed by atoms with Crippen LogP contribution in [0.4, 0.5) is 0 Å². The maximum absolute atomic E-state index is 9.12. The minimum atomic E-state index is 0.148.